The fourth-order valence-electron chi connectivity index (χ4n) is 2.82. The first-order valence-corrected chi connectivity index (χ1v) is 7.64. The third kappa shape index (κ3) is 4.66. The van der Waals surface area contributed by atoms with Gasteiger partial charge in [0, 0.05) is 24.4 Å². The fourth-order valence-corrected chi connectivity index (χ4v) is 2.82. The number of hydrogen-bond donors (Lipinski definition) is 1. The normalized spacial score (nSPS) is 21.8. The highest BCUT2D eigenvalue weighted by molar-refractivity contribution is 5.97. The van der Waals surface area contributed by atoms with Crippen molar-refractivity contribution in [1.82, 2.24) is 5.32 Å². The molecule has 1 saturated carbocycles. The van der Waals surface area contributed by atoms with Gasteiger partial charge < -0.3 is 5.32 Å². The summed E-state index contributed by atoms with van der Waals surface area (Å²) in [5.41, 5.74) is 0.454. The van der Waals surface area contributed by atoms with Gasteiger partial charge in [-0.25, -0.2) is 4.39 Å². The maximum Gasteiger partial charge on any atom is 0.220 e. The zero-order valence-corrected chi connectivity index (χ0v) is 12.4. The van der Waals surface area contributed by atoms with Gasteiger partial charge >= 0.3 is 0 Å². The molecule has 0 heterocycles. The maximum atomic E-state index is 12.8. The first-order chi connectivity index (χ1) is 10.1. The van der Waals surface area contributed by atoms with Gasteiger partial charge in [0.25, 0.3) is 0 Å². The third-order valence-corrected chi connectivity index (χ3v) is 4.20. The molecule has 1 amide bonds. The van der Waals surface area contributed by atoms with Crippen molar-refractivity contribution in [2.45, 2.75) is 51.5 Å². The van der Waals surface area contributed by atoms with Crippen LogP contribution in [0.25, 0.3) is 0 Å². The first kappa shape index (κ1) is 15.7. The summed E-state index contributed by atoms with van der Waals surface area (Å²) in [5.74, 6) is -0.0443. The van der Waals surface area contributed by atoms with Crippen molar-refractivity contribution < 1.29 is 14.0 Å². The van der Waals surface area contributed by atoms with E-state index < -0.39 is 0 Å². The summed E-state index contributed by atoms with van der Waals surface area (Å²) < 4.78 is 12.8. The Morgan fingerprint density at radius 3 is 2.48 bits per heavy atom. The second-order valence-electron chi connectivity index (χ2n) is 5.87. The summed E-state index contributed by atoms with van der Waals surface area (Å²) in [6.07, 6.45) is 4.93. The van der Waals surface area contributed by atoms with Gasteiger partial charge in [0.2, 0.25) is 5.91 Å². The minimum Gasteiger partial charge on any atom is -0.353 e. The van der Waals surface area contributed by atoms with Crippen LogP contribution in [-0.2, 0) is 4.79 Å². The van der Waals surface area contributed by atoms with Gasteiger partial charge in [-0.3, -0.25) is 9.59 Å². The van der Waals surface area contributed by atoms with Crippen LogP contribution >= 0.6 is 0 Å². The predicted molar refractivity (Wildman–Crippen MR) is 79.5 cm³/mol. The number of halogens is 1. The minimum atomic E-state index is -0.365. The number of ketones is 1. The largest absolute Gasteiger partial charge is 0.353 e. The van der Waals surface area contributed by atoms with Crippen LogP contribution in [0.5, 0.6) is 0 Å². The molecular weight excluding hydrogens is 269 g/mol. The number of nitrogens with one attached hydrogen (secondary N) is 1. The zero-order valence-electron chi connectivity index (χ0n) is 12.4. The van der Waals surface area contributed by atoms with Gasteiger partial charge in [0.15, 0.2) is 5.78 Å². The molecule has 1 aromatic rings. The molecular formula is C17H22FNO2. The lowest BCUT2D eigenvalue weighted by molar-refractivity contribution is -0.122. The van der Waals surface area contributed by atoms with E-state index in [4.69, 9.17) is 0 Å². The topological polar surface area (TPSA) is 46.2 Å². The van der Waals surface area contributed by atoms with E-state index in [1.807, 2.05) is 0 Å². The highest BCUT2D eigenvalue weighted by atomic mass is 19.1. The molecule has 21 heavy (non-hydrogen) atoms. The van der Waals surface area contributed by atoms with Gasteiger partial charge in [0.05, 0.1) is 0 Å². The lowest BCUT2D eigenvalue weighted by Gasteiger charge is -2.29. The van der Waals surface area contributed by atoms with Crippen LogP contribution < -0.4 is 5.32 Å². The molecule has 2 atom stereocenters. The predicted octanol–water partition coefficient (Wildman–Crippen LogP) is 3.48. The van der Waals surface area contributed by atoms with Crippen molar-refractivity contribution in [2.75, 3.05) is 0 Å². The number of carbonyl (C=O) groups excluding carboxylic acids is 2. The summed E-state index contributed by atoms with van der Waals surface area (Å²) in [6.45, 7) is 2.16. The highest BCUT2D eigenvalue weighted by Crippen LogP contribution is 2.23. The number of hydrogen-bond acceptors (Lipinski definition) is 2. The Kier molecular flexibility index (Phi) is 5.48. The van der Waals surface area contributed by atoms with Crippen LogP contribution in [0.2, 0.25) is 0 Å². The lowest BCUT2D eigenvalue weighted by Crippen LogP contribution is -2.41. The molecule has 1 aromatic carbocycles. The standard InChI is InChI=1S/C17H22FNO2/c1-12-4-2-3-5-15(12)19-17(21)11-10-16(20)13-6-8-14(18)9-7-13/h6-9,12,15H,2-5,10-11H2,1H3,(H,19,21)/t12-,15+/m0/s1. The number of Topliss-reactive ketones (excluding diaryl/α,β-unsaturated/α-hetero) is 1. The Balaban J connectivity index is 1.78. The van der Waals surface area contributed by atoms with Gasteiger partial charge in [0.1, 0.15) is 5.82 Å². The third-order valence-electron chi connectivity index (χ3n) is 4.20. The molecule has 0 bridgehead atoms. The molecule has 0 spiro atoms. The van der Waals surface area contributed by atoms with Crippen LogP contribution in [0.4, 0.5) is 4.39 Å². The Bertz CT molecular complexity index is 498. The molecule has 3 nitrogen and oxygen atoms in total. The smallest absolute Gasteiger partial charge is 0.220 e. The molecule has 2 rings (SSSR count). The number of amides is 1. The molecule has 1 aliphatic rings. The number of rotatable bonds is 5. The summed E-state index contributed by atoms with van der Waals surface area (Å²) >= 11 is 0. The van der Waals surface area contributed by atoms with Gasteiger partial charge in [-0.05, 0) is 43.0 Å². The minimum absolute atomic E-state index is 0.0655. The van der Waals surface area contributed by atoms with E-state index in [0.717, 1.165) is 19.3 Å². The van der Waals surface area contributed by atoms with Gasteiger partial charge in [-0.2, -0.15) is 0 Å². The van der Waals surface area contributed by atoms with Crippen LogP contribution in [0, 0.1) is 11.7 Å². The number of benzene rings is 1. The van der Waals surface area contributed by atoms with E-state index in [2.05, 4.69) is 12.2 Å². The Labute approximate surface area is 124 Å². The zero-order chi connectivity index (χ0) is 15.2. The van der Waals surface area contributed by atoms with Crippen molar-refractivity contribution >= 4 is 11.7 Å². The molecule has 114 valence electrons. The van der Waals surface area contributed by atoms with E-state index in [9.17, 15) is 14.0 Å². The average Bonchev–Trinajstić information content (AvgIpc) is 2.48. The summed E-state index contributed by atoms with van der Waals surface area (Å²) in [4.78, 5) is 23.8. The molecule has 0 aromatic heterocycles. The van der Waals surface area contributed by atoms with E-state index in [-0.39, 0.29) is 36.4 Å². The highest BCUT2D eigenvalue weighted by Gasteiger charge is 2.22. The second kappa shape index (κ2) is 7.34. The maximum absolute atomic E-state index is 12.8. The van der Waals surface area contributed by atoms with Gasteiger partial charge in [-0.15, -0.1) is 0 Å². The molecule has 0 saturated heterocycles. The summed E-state index contributed by atoms with van der Waals surface area (Å²) in [7, 11) is 0. The Morgan fingerprint density at radius 1 is 1.14 bits per heavy atom. The molecule has 0 aliphatic heterocycles. The SMILES string of the molecule is C[C@H]1CCCC[C@H]1NC(=O)CCC(=O)c1ccc(F)cc1. The van der Waals surface area contributed by atoms with Crippen molar-refractivity contribution in [3.05, 3.63) is 35.6 Å². The van der Waals surface area contributed by atoms with E-state index in [1.165, 1.54) is 30.7 Å². The average molecular weight is 291 g/mol. The lowest BCUT2D eigenvalue weighted by atomic mass is 9.86. The van der Waals surface area contributed by atoms with E-state index >= 15 is 0 Å². The molecule has 0 radical (unpaired) electrons. The van der Waals surface area contributed by atoms with E-state index in [1.54, 1.807) is 0 Å². The van der Waals surface area contributed by atoms with Crippen LogP contribution in [0.15, 0.2) is 24.3 Å². The number of carbonyl (C=O) groups is 2. The first-order valence-electron chi connectivity index (χ1n) is 7.64. The Hall–Kier alpha value is -1.71. The van der Waals surface area contributed by atoms with Crippen LogP contribution in [-0.4, -0.2) is 17.7 Å². The van der Waals surface area contributed by atoms with Crippen LogP contribution in [0.1, 0.15) is 55.8 Å². The molecule has 4 heteroatoms. The summed E-state index contributed by atoms with van der Waals surface area (Å²) in [5, 5.41) is 3.03. The van der Waals surface area contributed by atoms with Gasteiger partial charge in [-0.1, -0.05) is 19.8 Å². The fraction of sp³-hybridized carbons (Fsp3) is 0.529. The quantitative estimate of drug-likeness (QED) is 0.844. The molecule has 1 N–H and O–H groups in total. The van der Waals surface area contributed by atoms with Crippen molar-refractivity contribution in [1.29, 1.82) is 0 Å². The molecule has 0 unspecified atom stereocenters. The second-order valence-corrected chi connectivity index (χ2v) is 5.87. The van der Waals surface area contributed by atoms with Crippen molar-refractivity contribution in [2.24, 2.45) is 5.92 Å². The van der Waals surface area contributed by atoms with Crippen LogP contribution in [0.3, 0.4) is 0 Å². The summed E-state index contributed by atoms with van der Waals surface area (Å²) in [6, 6.07) is 5.68. The molecule has 1 fully saturated rings. The monoisotopic (exact) mass is 291 g/mol. The van der Waals surface area contributed by atoms with Crippen molar-refractivity contribution in [3.8, 4) is 0 Å². The van der Waals surface area contributed by atoms with E-state index in [0.29, 0.717) is 11.5 Å². The van der Waals surface area contributed by atoms with Crippen molar-refractivity contribution in [3.63, 3.8) is 0 Å². The molecule has 1 aliphatic carbocycles. The Morgan fingerprint density at radius 2 is 1.81 bits per heavy atom.